The van der Waals surface area contributed by atoms with Crippen LogP contribution in [-0.4, -0.2) is 25.3 Å². The SMILES string of the molecule is COCCOc1cnccc1C. The van der Waals surface area contributed by atoms with Crippen molar-refractivity contribution < 1.29 is 9.47 Å². The summed E-state index contributed by atoms with van der Waals surface area (Å²) in [6.07, 6.45) is 3.46. The van der Waals surface area contributed by atoms with Gasteiger partial charge in [-0.25, -0.2) is 0 Å². The first-order valence-electron chi connectivity index (χ1n) is 3.87. The van der Waals surface area contributed by atoms with E-state index in [-0.39, 0.29) is 0 Å². The van der Waals surface area contributed by atoms with Crippen LogP contribution in [0.4, 0.5) is 0 Å². The Morgan fingerprint density at radius 1 is 1.42 bits per heavy atom. The molecule has 0 saturated carbocycles. The Balaban J connectivity index is 2.46. The summed E-state index contributed by atoms with van der Waals surface area (Å²) in [6.45, 7) is 3.17. The van der Waals surface area contributed by atoms with E-state index in [0.29, 0.717) is 13.2 Å². The van der Waals surface area contributed by atoms with Gasteiger partial charge < -0.3 is 9.47 Å². The largest absolute Gasteiger partial charge is 0.489 e. The maximum atomic E-state index is 5.39. The Morgan fingerprint density at radius 2 is 2.25 bits per heavy atom. The Morgan fingerprint density at radius 3 is 2.92 bits per heavy atom. The minimum Gasteiger partial charge on any atom is -0.489 e. The highest BCUT2D eigenvalue weighted by atomic mass is 16.5. The molecule has 3 heteroatoms. The number of pyridine rings is 1. The van der Waals surface area contributed by atoms with E-state index in [2.05, 4.69) is 4.98 Å². The Kier molecular flexibility index (Phi) is 3.54. The van der Waals surface area contributed by atoms with Crippen LogP contribution < -0.4 is 4.74 Å². The molecule has 0 unspecified atom stereocenters. The first kappa shape index (κ1) is 9.00. The molecule has 66 valence electrons. The fourth-order valence-electron chi connectivity index (χ4n) is 0.836. The molecule has 0 radical (unpaired) electrons. The molecule has 0 amide bonds. The lowest BCUT2D eigenvalue weighted by molar-refractivity contribution is 0.145. The molecule has 1 aromatic heterocycles. The maximum absolute atomic E-state index is 5.39. The quantitative estimate of drug-likeness (QED) is 0.635. The number of methoxy groups -OCH3 is 1. The van der Waals surface area contributed by atoms with E-state index in [9.17, 15) is 0 Å². The minimum atomic E-state index is 0.572. The van der Waals surface area contributed by atoms with E-state index in [1.54, 1.807) is 19.5 Å². The van der Waals surface area contributed by atoms with E-state index in [4.69, 9.17) is 9.47 Å². The van der Waals surface area contributed by atoms with Crippen molar-refractivity contribution in [3.05, 3.63) is 24.0 Å². The molecule has 0 N–H and O–H groups in total. The Bertz CT molecular complexity index is 238. The molecular formula is C9H13NO2. The third kappa shape index (κ3) is 2.51. The van der Waals surface area contributed by atoms with Gasteiger partial charge in [-0.2, -0.15) is 0 Å². The smallest absolute Gasteiger partial charge is 0.140 e. The predicted molar refractivity (Wildman–Crippen MR) is 46.3 cm³/mol. The van der Waals surface area contributed by atoms with Crippen LogP contribution in [0.15, 0.2) is 18.5 Å². The van der Waals surface area contributed by atoms with E-state index >= 15 is 0 Å². The number of aryl methyl sites for hydroxylation is 1. The topological polar surface area (TPSA) is 31.4 Å². The lowest BCUT2D eigenvalue weighted by atomic mass is 10.3. The minimum absolute atomic E-state index is 0.572. The number of aromatic nitrogens is 1. The third-order valence-electron chi connectivity index (χ3n) is 1.54. The van der Waals surface area contributed by atoms with Crippen LogP contribution >= 0.6 is 0 Å². The lowest BCUT2D eigenvalue weighted by Gasteiger charge is -2.06. The summed E-state index contributed by atoms with van der Waals surface area (Å²) in [6, 6.07) is 1.92. The van der Waals surface area contributed by atoms with E-state index in [1.165, 1.54) is 0 Å². The molecule has 0 saturated heterocycles. The normalized spacial score (nSPS) is 9.83. The molecule has 0 bridgehead atoms. The molecule has 0 aliphatic rings. The first-order chi connectivity index (χ1) is 5.84. The molecular weight excluding hydrogens is 154 g/mol. The fourth-order valence-corrected chi connectivity index (χ4v) is 0.836. The number of rotatable bonds is 4. The zero-order valence-electron chi connectivity index (χ0n) is 7.41. The van der Waals surface area contributed by atoms with Crippen LogP contribution in [0, 0.1) is 6.92 Å². The van der Waals surface area contributed by atoms with Crippen LogP contribution in [0.1, 0.15) is 5.56 Å². The second-order valence-corrected chi connectivity index (χ2v) is 2.48. The van der Waals surface area contributed by atoms with Crippen LogP contribution in [0.2, 0.25) is 0 Å². The van der Waals surface area contributed by atoms with Crippen molar-refractivity contribution in [1.82, 2.24) is 4.98 Å². The van der Waals surface area contributed by atoms with E-state index < -0.39 is 0 Å². The Hall–Kier alpha value is -1.09. The predicted octanol–water partition coefficient (Wildman–Crippen LogP) is 1.42. The maximum Gasteiger partial charge on any atom is 0.140 e. The number of hydrogen-bond donors (Lipinski definition) is 0. The number of hydrogen-bond acceptors (Lipinski definition) is 3. The Labute approximate surface area is 72.3 Å². The molecule has 1 rings (SSSR count). The average Bonchev–Trinajstić information content (AvgIpc) is 2.09. The van der Waals surface area contributed by atoms with Crippen molar-refractivity contribution >= 4 is 0 Å². The van der Waals surface area contributed by atoms with Crippen molar-refractivity contribution in [1.29, 1.82) is 0 Å². The van der Waals surface area contributed by atoms with E-state index in [1.807, 2.05) is 13.0 Å². The lowest BCUT2D eigenvalue weighted by Crippen LogP contribution is -2.05. The summed E-state index contributed by atoms with van der Waals surface area (Å²) < 4.78 is 10.2. The first-order valence-corrected chi connectivity index (χ1v) is 3.87. The zero-order valence-corrected chi connectivity index (χ0v) is 7.41. The van der Waals surface area contributed by atoms with Crippen molar-refractivity contribution in [2.45, 2.75) is 6.92 Å². The third-order valence-corrected chi connectivity index (χ3v) is 1.54. The second-order valence-electron chi connectivity index (χ2n) is 2.48. The molecule has 0 aliphatic carbocycles. The molecule has 1 heterocycles. The van der Waals surface area contributed by atoms with Gasteiger partial charge in [0.1, 0.15) is 12.4 Å². The van der Waals surface area contributed by atoms with Crippen LogP contribution in [0.25, 0.3) is 0 Å². The van der Waals surface area contributed by atoms with Gasteiger partial charge in [0.2, 0.25) is 0 Å². The second kappa shape index (κ2) is 4.72. The van der Waals surface area contributed by atoms with Crippen molar-refractivity contribution in [3.63, 3.8) is 0 Å². The summed E-state index contributed by atoms with van der Waals surface area (Å²) in [7, 11) is 1.65. The highest BCUT2D eigenvalue weighted by molar-refractivity contribution is 5.27. The van der Waals surface area contributed by atoms with Gasteiger partial charge in [-0.05, 0) is 18.6 Å². The van der Waals surface area contributed by atoms with Gasteiger partial charge in [-0.1, -0.05) is 0 Å². The van der Waals surface area contributed by atoms with Gasteiger partial charge >= 0.3 is 0 Å². The van der Waals surface area contributed by atoms with Gasteiger partial charge in [-0.15, -0.1) is 0 Å². The van der Waals surface area contributed by atoms with Crippen molar-refractivity contribution in [2.24, 2.45) is 0 Å². The summed E-state index contributed by atoms with van der Waals surface area (Å²) in [5.74, 6) is 0.828. The van der Waals surface area contributed by atoms with Gasteiger partial charge in [0.25, 0.3) is 0 Å². The van der Waals surface area contributed by atoms with Crippen LogP contribution in [0.3, 0.4) is 0 Å². The summed E-state index contributed by atoms with van der Waals surface area (Å²) in [4.78, 5) is 3.96. The van der Waals surface area contributed by atoms with Gasteiger partial charge in [0, 0.05) is 13.3 Å². The van der Waals surface area contributed by atoms with Gasteiger partial charge in [-0.3, -0.25) is 4.98 Å². The fraction of sp³-hybridized carbons (Fsp3) is 0.444. The molecule has 1 aromatic rings. The summed E-state index contributed by atoms with van der Waals surface area (Å²) in [5.41, 5.74) is 1.10. The van der Waals surface area contributed by atoms with Crippen molar-refractivity contribution in [2.75, 3.05) is 20.3 Å². The zero-order chi connectivity index (χ0) is 8.81. The summed E-state index contributed by atoms with van der Waals surface area (Å²) in [5, 5.41) is 0. The molecule has 0 spiro atoms. The van der Waals surface area contributed by atoms with Crippen molar-refractivity contribution in [3.8, 4) is 5.75 Å². The number of nitrogens with zero attached hydrogens (tertiary/aromatic N) is 1. The molecule has 12 heavy (non-hydrogen) atoms. The highest BCUT2D eigenvalue weighted by Gasteiger charge is 1.96. The monoisotopic (exact) mass is 167 g/mol. The van der Waals surface area contributed by atoms with Crippen LogP contribution in [-0.2, 0) is 4.74 Å². The standard InChI is InChI=1S/C9H13NO2/c1-8-3-4-10-7-9(8)12-6-5-11-2/h3-4,7H,5-6H2,1-2H3. The molecule has 0 aromatic carbocycles. The number of ether oxygens (including phenoxy) is 2. The summed E-state index contributed by atoms with van der Waals surface area (Å²) >= 11 is 0. The molecule has 3 nitrogen and oxygen atoms in total. The molecule has 0 fully saturated rings. The molecule has 0 aliphatic heterocycles. The van der Waals surface area contributed by atoms with Gasteiger partial charge in [0.15, 0.2) is 0 Å². The highest BCUT2D eigenvalue weighted by Crippen LogP contribution is 2.13. The van der Waals surface area contributed by atoms with Gasteiger partial charge in [0.05, 0.1) is 12.8 Å². The van der Waals surface area contributed by atoms with E-state index in [0.717, 1.165) is 11.3 Å². The van der Waals surface area contributed by atoms with Crippen LogP contribution in [0.5, 0.6) is 5.75 Å². The average molecular weight is 167 g/mol. The molecule has 0 atom stereocenters.